The van der Waals surface area contributed by atoms with Gasteiger partial charge in [-0.15, -0.1) is 22.7 Å². The average Bonchev–Trinajstić information content (AvgIpc) is 3.66. The number of thiazole rings is 2. The first-order valence-electron chi connectivity index (χ1n) is 17.2. The SMILES string of the molecule is CC(=O)O[C@H](C[C@H](C(C)C)N(C)C(=O)[C@@H](CC(=O)[C@H]1COCCN1C)C1CSC1)c1nc(C(=O)N[C@@H](Cc2nc(C)cs2)CC(C)C)cs1. The maximum atomic E-state index is 14.2. The molecule has 0 saturated carbocycles. The summed E-state index contributed by atoms with van der Waals surface area (Å²) in [5.74, 6) is 1.03. The Morgan fingerprint density at radius 1 is 1.10 bits per heavy atom. The van der Waals surface area contributed by atoms with Gasteiger partial charge in [-0.3, -0.25) is 24.1 Å². The van der Waals surface area contributed by atoms with E-state index in [0.717, 1.165) is 28.6 Å². The number of carbonyl (C=O) groups is 4. The van der Waals surface area contributed by atoms with Crippen LogP contribution in [0.1, 0.15) is 86.2 Å². The third kappa shape index (κ3) is 11.0. The summed E-state index contributed by atoms with van der Waals surface area (Å²) in [4.78, 5) is 66.4. The number of hydrogen-bond donors (Lipinski definition) is 1. The fourth-order valence-electron chi connectivity index (χ4n) is 6.51. The molecule has 2 amide bonds. The van der Waals surface area contributed by atoms with Crippen molar-refractivity contribution < 1.29 is 28.7 Å². The standard InChI is InChI=1S/C35H53N5O6S3/c1-20(2)11-25(12-32-36-22(5)16-48-32)37-33(43)27-19-49-34(38-27)31(46-23(6)41)14-28(21(3)4)40(8)35(44)26(24-17-47-18-24)13-30(42)29-15-45-10-9-39(29)7/h16,19-21,24-26,28-29,31H,9-15,17-18H2,1-8H3,(H,37,43)/t25-,26+,28-,29-,31-/m1/s1. The Bertz CT molecular complexity index is 1430. The highest BCUT2D eigenvalue weighted by molar-refractivity contribution is 8.00. The van der Waals surface area contributed by atoms with E-state index in [9.17, 15) is 19.2 Å². The number of aromatic nitrogens is 2. The van der Waals surface area contributed by atoms with Gasteiger partial charge in [-0.1, -0.05) is 27.7 Å². The molecule has 2 aliphatic heterocycles. The minimum Gasteiger partial charge on any atom is -0.455 e. The Hall–Kier alpha value is -2.39. The van der Waals surface area contributed by atoms with Crippen molar-refractivity contribution in [3.63, 3.8) is 0 Å². The third-order valence-corrected chi connectivity index (χ3v) is 12.6. The summed E-state index contributed by atoms with van der Waals surface area (Å²) in [7, 11) is 3.72. The summed E-state index contributed by atoms with van der Waals surface area (Å²) in [6.07, 6.45) is 1.18. The van der Waals surface area contributed by atoms with E-state index >= 15 is 0 Å². The van der Waals surface area contributed by atoms with Crippen LogP contribution >= 0.6 is 34.4 Å². The number of thioether (sulfide) groups is 1. The molecular weight excluding hydrogens is 683 g/mol. The van der Waals surface area contributed by atoms with Crippen LogP contribution in [0.5, 0.6) is 0 Å². The molecule has 2 saturated heterocycles. The van der Waals surface area contributed by atoms with E-state index in [2.05, 4.69) is 29.1 Å². The minimum absolute atomic E-state index is 0.0195. The number of rotatable bonds is 17. The first-order chi connectivity index (χ1) is 23.2. The Kier molecular flexibility index (Phi) is 14.6. The number of hydrogen-bond acceptors (Lipinski definition) is 12. The summed E-state index contributed by atoms with van der Waals surface area (Å²) in [6, 6.07) is -0.747. The van der Waals surface area contributed by atoms with Gasteiger partial charge in [0.15, 0.2) is 11.9 Å². The lowest BCUT2D eigenvalue weighted by atomic mass is 9.85. The van der Waals surface area contributed by atoms with E-state index < -0.39 is 18.0 Å². The van der Waals surface area contributed by atoms with E-state index in [-0.39, 0.29) is 59.7 Å². The van der Waals surface area contributed by atoms with Crippen LogP contribution in [-0.4, -0.2) is 107 Å². The topological polar surface area (TPSA) is 131 Å². The molecule has 2 aliphatic rings. The molecule has 4 heterocycles. The van der Waals surface area contributed by atoms with Gasteiger partial charge in [-0.2, -0.15) is 11.8 Å². The van der Waals surface area contributed by atoms with Crippen molar-refractivity contribution in [2.75, 3.05) is 45.4 Å². The Balaban J connectivity index is 1.48. The molecule has 0 aliphatic carbocycles. The normalized spacial score (nSPS) is 19.6. The molecule has 0 radical (unpaired) electrons. The zero-order valence-electron chi connectivity index (χ0n) is 30.1. The Morgan fingerprint density at radius 3 is 2.41 bits per heavy atom. The summed E-state index contributed by atoms with van der Waals surface area (Å²) in [5, 5.41) is 8.35. The first-order valence-corrected chi connectivity index (χ1v) is 20.1. The molecule has 0 spiro atoms. The molecule has 272 valence electrons. The molecule has 2 fully saturated rings. The number of morpholine rings is 1. The molecule has 49 heavy (non-hydrogen) atoms. The van der Waals surface area contributed by atoms with Crippen LogP contribution in [-0.2, 0) is 30.3 Å². The van der Waals surface area contributed by atoms with Crippen LogP contribution in [0.25, 0.3) is 0 Å². The van der Waals surface area contributed by atoms with Crippen molar-refractivity contribution in [1.82, 2.24) is 25.1 Å². The van der Waals surface area contributed by atoms with Gasteiger partial charge in [0, 0.05) is 74.2 Å². The highest BCUT2D eigenvalue weighted by Gasteiger charge is 2.41. The predicted octanol–water partition coefficient (Wildman–Crippen LogP) is 5.04. The van der Waals surface area contributed by atoms with Crippen LogP contribution < -0.4 is 5.32 Å². The summed E-state index contributed by atoms with van der Waals surface area (Å²) >= 11 is 4.66. The number of nitrogens with one attached hydrogen (secondary N) is 1. The highest BCUT2D eigenvalue weighted by atomic mass is 32.2. The smallest absolute Gasteiger partial charge is 0.303 e. The maximum absolute atomic E-state index is 14.2. The molecule has 2 aromatic rings. The number of Topliss-reactive ketones (excluding diaryl/α,β-unsaturated/α-hetero) is 1. The van der Waals surface area contributed by atoms with Gasteiger partial charge >= 0.3 is 5.97 Å². The lowest BCUT2D eigenvalue weighted by Gasteiger charge is -2.40. The van der Waals surface area contributed by atoms with Crippen LogP contribution in [0.4, 0.5) is 0 Å². The van der Waals surface area contributed by atoms with Crippen molar-refractivity contribution in [2.45, 2.75) is 91.5 Å². The molecule has 0 unspecified atom stereocenters. The number of amides is 2. The van der Waals surface area contributed by atoms with Gasteiger partial charge in [0.05, 0.1) is 24.3 Å². The predicted molar refractivity (Wildman–Crippen MR) is 195 cm³/mol. The van der Waals surface area contributed by atoms with Crippen molar-refractivity contribution in [1.29, 1.82) is 0 Å². The Morgan fingerprint density at radius 2 is 1.84 bits per heavy atom. The second kappa shape index (κ2) is 18.2. The number of likely N-dealkylation sites (N-methyl/N-ethyl adjacent to an activating group) is 1. The van der Waals surface area contributed by atoms with Gasteiger partial charge in [0.25, 0.3) is 5.91 Å². The molecule has 5 atom stereocenters. The van der Waals surface area contributed by atoms with Crippen LogP contribution in [0.2, 0.25) is 0 Å². The number of ether oxygens (including phenoxy) is 2. The van der Waals surface area contributed by atoms with Crippen LogP contribution in [0.15, 0.2) is 10.8 Å². The number of nitrogens with zero attached hydrogens (tertiary/aromatic N) is 4. The number of esters is 1. The second-order valence-electron chi connectivity index (χ2n) is 14.2. The molecule has 0 aromatic carbocycles. The molecule has 11 nitrogen and oxygen atoms in total. The first kappa shape index (κ1) is 39.4. The van der Waals surface area contributed by atoms with Gasteiger partial charge < -0.3 is 19.7 Å². The highest BCUT2D eigenvalue weighted by Crippen LogP contribution is 2.37. The van der Waals surface area contributed by atoms with Crippen molar-refractivity contribution in [3.05, 3.63) is 32.2 Å². The average molecular weight is 736 g/mol. The fourth-order valence-corrected chi connectivity index (χ4v) is 9.18. The summed E-state index contributed by atoms with van der Waals surface area (Å²) < 4.78 is 11.4. The number of ketones is 1. The number of carbonyl (C=O) groups excluding carboxylic acids is 4. The number of aryl methyl sites for hydroxylation is 1. The molecule has 1 N–H and O–H groups in total. The summed E-state index contributed by atoms with van der Waals surface area (Å²) in [6.45, 7) is 13.3. The minimum atomic E-state index is -0.746. The zero-order valence-corrected chi connectivity index (χ0v) is 32.6. The molecular formula is C35H53N5O6S3. The molecule has 14 heteroatoms. The third-order valence-electron chi connectivity index (χ3n) is 9.33. The zero-order chi connectivity index (χ0) is 35.8. The van der Waals surface area contributed by atoms with Gasteiger partial charge in [-0.25, -0.2) is 9.97 Å². The largest absolute Gasteiger partial charge is 0.455 e. The molecule has 2 aromatic heterocycles. The van der Waals surface area contributed by atoms with Crippen molar-refractivity contribution >= 4 is 58.0 Å². The molecule has 4 rings (SSSR count). The van der Waals surface area contributed by atoms with Crippen LogP contribution in [0, 0.1) is 30.6 Å². The monoisotopic (exact) mass is 735 g/mol. The van der Waals surface area contributed by atoms with E-state index in [0.29, 0.717) is 43.5 Å². The molecule has 0 bridgehead atoms. The second-order valence-corrected chi connectivity index (χ2v) is 17.1. The van der Waals surface area contributed by atoms with E-state index in [1.165, 1.54) is 18.3 Å². The van der Waals surface area contributed by atoms with E-state index in [1.54, 1.807) is 40.4 Å². The van der Waals surface area contributed by atoms with Gasteiger partial charge in [0.1, 0.15) is 10.7 Å². The van der Waals surface area contributed by atoms with Crippen molar-refractivity contribution in [3.8, 4) is 0 Å². The lowest BCUT2D eigenvalue weighted by molar-refractivity contribution is -0.149. The Labute approximate surface area is 303 Å². The summed E-state index contributed by atoms with van der Waals surface area (Å²) in [5.41, 5.74) is 1.24. The van der Waals surface area contributed by atoms with Gasteiger partial charge in [-0.05, 0) is 49.7 Å². The van der Waals surface area contributed by atoms with Crippen LogP contribution in [0.3, 0.4) is 0 Å². The fraction of sp³-hybridized carbons (Fsp3) is 0.714. The lowest BCUT2D eigenvalue weighted by Crippen LogP contribution is -2.51. The van der Waals surface area contributed by atoms with E-state index in [4.69, 9.17) is 9.47 Å². The van der Waals surface area contributed by atoms with E-state index in [1.807, 2.05) is 38.1 Å². The van der Waals surface area contributed by atoms with Gasteiger partial charge in [0.2, 0.25) is 5.91 Å². The van der Waals surface area contributed by atoms with Crippen molar-refractivity contribution in [2.24, 2.45) is 23.7 Å². The maximum Gasteiger partial charge on any atom is 0.303 e. The quantitative estimate of drug-likeness (QED) is 0.221.